The lowest BCUT2D eigenvalue weighted by Gasteiger charge is -2.29. The summed E-state index contributed by atoms with van der Waals surface area (Å²) in [6, 6.07) is 3.83. The smallest absolute Gasteiger partial charge is 0.296 e. The molecule has 1 aliphatic rings. The lowest BCUT2D eigenvalue weighted by molar-refractivity contribution is 0.0390. The van der Waals surface area contributed by atoms with Crippen molar-refractivity contribution in [3.05, 3.63) is 40.9 Å². The van der Waals surface area contributed by atoms with E-state index in [1.807, 2.05) is 26.1 Å². The molecule has 0 aliphatic carbocycles. The van der Waals surface area contributed by atoms with Gasteiger partial charge in [-0.05, 0) is 24.6 Å². The second kappa shape index (κ2) is 8.16. The minimum Gasteiger partial charge on any atom is -0.379 e. The number of aromatic nitrogens is 3. The third kappa shape index (κ3) is 3.77. The maximum atomic E-state index is 13.3. The fourth-order valence-electron chi connectivity index (χ4n) is 3.25. The number of hydrogen-bond acceptors (Lipinski definition) is 6. The Hall–Kier alpha value is -2.00. The molecule has 3 aromatic rings. The van der Waals surface area contributed by atoms with Crippen molar-refractivity contribution in [3.63, 3.8) is 0 Å². The van der Waals surface area contributed by atoms with Crippen LogP contribution in [0, 0.1) is 6.92 Å². The van der Waals surface area contributed by atoms with E-state index >= 15 is 0 Å². The molecule has 1 aromatic carbocycles. The van der Waals surface area contributed by atoms with Crippen molar-refractivity contribution in [2.75, 3.05) is 44.3 Å². The molecule has 0 bridgehead atoms. The number of ether oxygens (including phenoxy) is 1. The maximum Gasteiger partial charge on any atom is 0.296 e. The Bertz CT molecular complexity index is 996. The first-order chi connectivity index (χ1) is 13.5. The zero-order valence-corrected chi connectivity index (χ0v) is 17.5. The molecule has 0 unspecified atom stereocenters. The molecule has 1 fully saturated rings. The van der Waals surface area contributed by atoms with E-state index in [0.29, 0.717) is 22.5 Å². The van der Waals surface area contributed by atoms with Crippen molar-refractivity contribution < 1.29 is 9.53 Å². The normalized spacial score (nSPS) is 15.2. The van der Waals surface area contributed by atoms with Gasteiger partial charge in [0, 0.05) is 50.6 Å². The standard InChI is InChI=1S/C19H22ClN5O2S/c1-13-14(20)3-4-15-16(13)22-19(28-15)25(8-7-24-9-11-27-12-10-24)18(26)17-21-5-6-23(17)2/h3-6H,7-12H2,1-2H3. The lowest BCUT2D eigenvalue weighted by atomic mass is 10.2. The second-order valence-electron chi connectivity index (χ2n) is 6.79. The highest BCUT2D eigenvalue weighted by molar-refractivity contribution is 7.22. The molecule has 0 N–H and O–H groups in total. The van der Waals surface area contributed by atoms with Gasteiger partial charge in [-0.15, -0.1) is 0 Å². The van der Waals surface area contributed by atoms with E-state index in [-0.39, 0.29) is 5.91 Å². The number of morpholine rings is 1. The fraction of sp³-hybridized carbons (Fsp3) is 0.421. The van der Waals surface area contributed by atoms with Crippen LogP contribution >= 0.6 is 22.9 Å². The molecule has 0 saturated carbocycles. The van der Waals surface area contributed by atoms with E-state index in [9.17, 15) is 4.79 Å². The van der Waals surface area contributed by atoms with Gasteiger partial charge in [0.2, 0.25) is 0 Å². The van der Waals surface area contributed by atoms with Crippen LogP contribution in [0.2, 0.25) is 5.02 Å². The third-order valence-electron chi connectivity index (χ3n) is 4.97. The highest BCUT2D eigenvalue weighted by Gasteiger charge is 2.25. The zero-order chi connectivity index (χ0) is 19.7. The van der Waals surface area contributed by atoms with Crippen molar-refractivity contribution >= 4 is 44.2 Å². The van der Waals surface area contributed by atoms with E-state index in [2.05, 4.69) is 9.88 Å². The van der Waals surface area contributed by atoms with E-state index in [1.54, 1.807) is 21.9 Å². The van der Waals surface area contributed by atoms with Gasteiger partial charge < -0.3 is 9.30 Å². The molecule has 1 saturated heterocycles. The average Bonchev–Trinajstić information content (AvgIpc) is 3.32. The number of nitrogens with zero attached hydrogens (tertiary/aromatic N) is 5. The van der Waals surface area contributed by atoms with E-state index in [1.165, 1.54) is 11.3 Å². The molecule has 0 spiro atoms. The molecule has 148 valence electrons. The van der Waals surface area contributed by atoms with Gasteiger partial charge >= 0.3 is 0 Å². The first kappa shape index (κ1) is 19.3. The Balaban J connectivity index is 1.66. The van der Waals surface area contributed by atoms with Crippen LogP contribution in [-0.4, -0.2) is 64.7 Å². The number of halogens is 1. The number of imidazole rings is 1. The molecule has 3 heterocycles. The largest absolute Gasteiger partial charge is 0.379 e. The van der Waals surface area contributed by atoms with Crippen molar-refractivity contribution in [2.24, 2.45) is 7.05 Å². The number of thiazole rings is 1. The van der Waals surface area contributed by atoms with Crippen LogP contribution in [0.1, 0.15) is 16.2 Å². The molecule has 9 heteroatoms. The molecule has 7 nitrogen and oxygen atoms in total. The fourth-order valence-corrected chi connectivity index (χ4v) is 4.45. The topological polar surface area (TPSA) is 63.5 Å². The molecule has 4 rings (SSSR count). The van der Waals surface area contributed by atoms with Gasteiger partial charge in [-0.3, -0.25) is 14.6 Å². The lowest BCUT2D eigenvalue weighted by Crippen LogP contribution is -2.43. The number of hydrogen-bond donors (Lipinski definition) is 0. The minimum atomic E-state index is -0.149. The Morgan fingerprint density at radius 3 is 2.86 bits per heavy atom. The van der Waals surface area contributed by atoms with Gasteiger partial charge in [-0.1, -0.05) is 22.9 Å². The molecular weight excluding hydrogens is 398 g/mol. The molecule has 0 radical (unpaired) electrons. The van der Waals surface area contributed by atoms with Crippen LogP contribution in [0.3, 0.4) is 0 Å². The number of aryl methyl sites for hydroxylation is 2. The zero-order valence-electron chi connectivity index (χ0n) is 15.9. The first-order valence-electron chi connectivity index (χ1n) is 9.19. The predicted molar refractivity (Wildman–Crippen MR) is 112 cm³/mol. The minimum absolute atomic E-state index is 0.149. The summed E-state index contributed by atoms with van der Waals surface area (Å²) in [6.45, 7) is 6.45. The number of benzene rings is 1. The summed E-state index contributed by atoms with van der Waals surface area (Å²) < 4.78 is 8.17. The number of carbonyl (C=O) groups excluding carboxylic acids is 1. The van der Waals surface area contributed by atoms with E-state index in [4.69, 9.17) is 21.3 Å². The van der Waals surface area contributed by atoms with Crippen LogP contribution < -0.4 is 4.90 Å². The summed E-state index contributed by atoms with van der Waals surface area (Å²) in [4.78, 5) is 26.3. The van der Waals surface area contributed by atoms with Crippen molar-refractivity contribution in [2.45, 2.75) is 6.92 Å². The summed E-state index contributed by atoms with van der Waals surface area (Å²) >= 11 is 7.76. The highest BCUT2D eigenvalue weighted by atomic mass is 35.5. The average molecular weight is 420 g/mol. The second-order valence-corrected chi connectivity index (χ2v) is 8.20. The summed E-state index contributed by atoms with van der Waals surface area (Å²) in [5.74, 6) is 0.250. The molecule has 1 aliphatic heterocycles. The van der Waals surface area contributed by atoms with Gasteiger partial charge in [0.25, 0.3) is 5.91 Å². The Morgan fingerprint density at radius 1 is 1.36 bits per heavy atom. The Morgan fingerprint density at radius 2 is 2.14 bits per heavy atom. The molecule has 2 aromatic heterocycles. The highest BCUT2D eigenvalue weighted by Crippen LogP contribution is 2.34. The van der Waals surface area contributed by atoms with Gasteiger partial charge in [-0.25, -0.2) is 9.97 Å². The number of fused-ring (bicyclic) bond motifs is 1. The summed E-state index contributed by atoms with van der Waals surface area (Å²) in [5.41, 5.74) is 1.77. The number of anilines is 1. The summed E-state index contributed by atoms with van der Waals surface area (Å²) in [6.07, 6.45) is 3.41. The Labute approximate surface area is 172 Å². The monoisotopic (exact) mass is 419 g/mol. The first-order valence-corrected chi connectivity index (χ1v) is 10.4. The summed E-state index contributed by atoms with van der Waals surface area (Å²) in [5, 5.41) is 1.35. The van der Waals surface area contributed by atoms with Crippen molar-refractivity contribution in [3.8, 4) is 0 Å². The van der Waals surface area contributed by atoms with Crippen LogP contribution in [0.5, 0.6) is 0 Å². The molecular formula is C19H22ClN5O2S. The summed E-state index contributed by atoms with van der Waals surface area (Å²) in [7, 11) is 1.82. The van der Waals surface area contributed by atoms with Crippen molar-refractivity contribution in [1.82, 2.24) is 19.4 Å². The van der Waals surface area contributed by atoms with Crippen LogP contribution in [0.25, 0.3) is 10.2 Å². The molecule has 0 atom stereocenters. The van der Waals surface area contributed by atoms with E-state index < -0.39 is 0 Å². The van der Waals surface area contributed by atoms with E-state index in [0.717, 1.165) is 48.6 Å². The SMILES string of the molecule is Cc1c(Cl)ccc2sc(N(CCN3CCOCC3)C(=O)c3nccn3C)nc12. The van der Waals surface area contributed by atoms with Crippen LogP contribution in [0.15, 0.2) is 24.5 Å². The van der Waals surface area contributed by atoms with Gasteiger partial charge in [-0.2, -0.15) is 0 Å². The Kier molecular flexibility index (Phi) is 5.63. The van der Waals surface area contributed by atoms with Gasteiger partial charge in [0.05, 0.1) is 23.4 Å². The molecule has 1 amide bonds. The van der Waals surface area contributed by atoms with Crippen LogP contribution in [-0.2, 0) is 11.8 Å². The number of rotatable bonds is 5. The predicted octanol–water partition coefficient (Wildman–Crippen LogP) is 2.97. The quantitative estimate of drug-likeness (QED) is 0.636. The molecule has 28 heavy (non-hydrogen) atoms. The van der Waals surface area contributed by atoms with Crippen LogP contribution in [0.4, 0.5) is 5.13 Å². The number of amides is 1. The third-order valence-corrected chi connectivity index (χ3v) is 6.42. The van der Waals surface area contributed by atoms with Gasteiger partial charge in [0.1, 0.15) is 0 Å². The number of carbonyl (C=O) groups is 1. The maximum absolute atomic E-state index is 13.3. The van der Waals surface area contributed by atoms with Crippen molar-refractivity contribution in [1.29, 1.82) is 0 Å². The van der Waals surface area contributed by atoms with Gasteiger partial charge in [0.15, 0.2) is 11.0 Å².